The van der Waals surface area contributed by atoms with E-state index in [0.29, 0.717) is 19.6 Å². The van der Waals surface area contributed by atoms with E-state index in [2.05, 4.69) is 16.3 Å². The highest BCUT2D eigenvalue weighted by Gasteiger charge is 2.58. The van der Waals surface area contributed by atoms with Crippen molar-refractivity contribution in [2.24, 2.45) is 17.3 Å². The van der Waals surface area contributed by atoms with E-state index in [1.54, 1.807) is 11.3 Å². The lowest BCUT2D eigenvalue weighted by molar-refractivity contribution is -0.149. The third-order valence-electron chi connectivity index (χ3n) is 5.83. The molecule has 6 heteroatoms. The highest BCUT2D eigenvalue weighted by molar-refractivity contribution is 7.09. The highest BCUT2D eigenvalue weighted by atomic mass is 32.1. The lowest BCUT2D eigenvalue weighted by Crippen LogP contribution is -2.44. The number of fused-ring (bicyclic) bond motifs is 1. The quantitative estimate of drug-likeness (QED) is 0.913. The maximum Gasteiger partial charge on any atom is 0.313 e. The van der Waals surface area contributed by atoms with Crippen molar-refractivity contribution in [3.8, 4) is 0 Å². The molecule has 0 bridgehead atoms. The van der Waals surface area contributed by atoms with E-state index in [1.165, 1.54) is 4.88 Å². The number of aliphatic carboxylic acids is 1. The summed E-state index contributed by atoms with van der Waals surface area (Å²) >= 11 is 1.71. The molecule has 2 atom stereocenters. The minimum atomic E-state index is -0.767. The summed E-state index contributed by atoms with van der Waals surface area (Å²) in [5, 5.41) is 11.9. The number of hydrogen-bond acceptors (Lipinski definition) is 4. The van der Waals surface area contributed by atoms with Crippen molar-refractivity contribution in [3.05, 3.63) is 22.4 Å². The van der Waals surface area contributed by atoms with Gasteiger partial charge in [0, 0.05) is 49.4 Å². The van der Waals surface area contributed by atoms with E-state index in [9.17, 15) is 14.7 Å². The lowest BCUT2D eigenvalue weighted by atomic mass is 9.81. The Bertz CT molecular complexity index is 613. The molecule has 3 heterocycles. The first-order valence-corrected chi connectivity index (χ1v) is 9.23. The number of nitrogens with zero attached hydrogens (tertiary/aromatic N) is 2. The number of carboxylic acid groups (broad SMARTS) is 1. The van der Waals surface area contributed by atoms with Crippen LogP contribution in [-0.4, -0.2) is 53.0 Å². The van der Waals surface area contributed by atoms with Crippen LogP contribution in [0.25, 0.3) is 0 Å². The van der Waals surface area contributed by atoms with Crippen molar-refractivity contribution >= 4 is 23.2 Å². The van der Waals surface area contributed by atoms with Gasteiger partial charge in [0.05, 0.1) is 0 Å². The van der Waals surface area contributed by atoms with Crippen molar-refractivity contribution in [3.63, 3.8) is 0 Å². The Kier molecular flexibility index (Phi) is 3.69. The van der Waals surface area contributed by atoms with Gasteiger partial charge in [0.1, 0.15) is 5.41 Å². The summed E-state index contributed by atoms with van der Waals surface area (Å²) in [6, 6.07) is 4.13. The average Bonchev–Trinajstić information content (AvgIpc) is 3.10. The number of amides is 1. The number of likely N-dealkylation sites (tertiary alicyclic amines) is 2. The topological polar surface area (TPSA) is 60.9 Å². The van der Waals surface area contributed by atoms with Crippen LogP contribution in [0.3, 0.4) is 0 Å². The van der Waals surface area contributed by atoms with Crippen LogP contribution in [0.15, 0.2) is 17.5 Å². The van der Waals surface area contributed by atoms with Gasteiger partial charge in [-0.2, -0.15) is 0 Å². The van der Waals surface area contributed by atoms with Gasteiger partial charge in [-0.15, -0.1) is 11.3 Å². The van der Waals surface area contributed by atoms with Crippen molar-refractivity contribution in [1.29, 1.82) is 0 Å². The summed E-state index contributed by atoms with van der Waals surface area (Å²) in [5.41, 5.74) is -0.767. The molecule has 3 fully saturated rings. The largest absolute Gasteiger partial charge is 0.481 e. The van der Waals surface area contributed by atoms with Gasteiger partial charge in [-0.3, -0.25) is 14.5 Å². The second-order valence-corrected chi connectivity index (χ2v) is 8.29. The van der Waals surface area contributed by atoms with Gasteiger partial charge in [-0.1, -0.05) is 12.5 Å². The van der Waals surface area contributed by atoms with E-state index in [-0.39, 0.29) is 17.7 Å². The van der Waals surface area contributed by atoms with Gasteiger partial charge < -0.3 is 10.0 Å². The Labute approximate surface area is 139 Å². The monoisotopic (exact) mass is 334 g/mol. The molecule has 5 nitrogen and oxygen atoms in total. The van der Waals surface area contributed by atoms with Crippen molar-refractivity contribution in [2.45, 2.75) is 25.8 Å². The molecule has 3 aliphatic rings. The summed E-state index contributed by atoms with van der Waals surface area (Å²) in [4.78, 5) is 29.9. The van der Waals surface area contributed by atoms with Gasteiger partial charge in [-0.25, -0.2) is 0 Å². The first kappa shape index (κ1) is 15.1. The molecular formula is C17H22N2O3S. The van der Waals surface area contributed by atoms with Gasteiger partial charge in [0.2, 0.25) is 5.91 Å². The Balaban J connectivity index is 1.47. The molecule has 1 amide bonds. The van der Waals surface area contributed by atoms with Crippen LogP contribution in [-0.2, 0) is 16.1 Å². The molecule has 2 aliphatic heterocycles. The summed E-state index contributed by atoms with van der Waals surface area (Å²) in [6.45, 7) is 3.16. The van der Waals surface area contributed by atoms with Crippen LogP contribution in [0.4, 0.5) is 0 Å². The van der Waals surface area contributed by atoms with Crippen LogP contribution in [0.1, 0.15) is 24.1 Å². The van der Waals surface area contributed by atoms with E-state index >= 15 is 0 Å². The second-order valence-electron chi connectivity index (χ2n) is 7.25. The van der Waals surface area contributed by atoms with E-state index in [1.807, 2.05) is 11.0 Å². The Morgan fingerprint density at radius 2 is 2.13 bits per heavy atom. The normalized spacial score (nSPS) is 31.1. The van der Waals surface area contributed by atoms with E-state index in [4.69, 9.17) is 0 Å². The van der Waals surface area contributed by atoms with Crippen molar-refractivity contribution in [2.75, 3.05) is 26.2 Å². The molecule has 23 heavy (non-hydrogen) atoms. The fourth-order valence-corrected chi connectivity index (χ4v) is 5.04. The van der Waals surface area contributed by atoms with Gasteiger partial charge in [-0.05, 0) is 24.3 Å². The Morgan fingerprint density at radius 3 is 2.70 bits per heavy atom. The Hall–Kier alpha value is -1.40. The molecule has 0 spiro atoms. The molecule has 2 saturated heterocycles. The predicted molar refractivity (Wildman–Crippen MR) is 87.1 cm³/mol. The summed E-state index contributed by atoms with van der Waals surface area (Å²) < 4.78 is 0. The SMILES string of the molecule is O=C(C1CCC1)N1CC2CN(Cc3cccs3)C[C@]2(C(=O)O)C1. The minimum Gasteiger partial charge on any atom is -0.481 e. The maximum atomic E-state index is 12.5. The molecule has 1 N–H and O–H groups in total. The number of carboxylic acids is 1. The van der Waals surface area contributed by atoms with Crippen LogP contribution < -0.4 is 0 Å². The van der Waals surface area contributed by atoms with Crippen molar-refractivity contribution in [1.82, 2.24) is 9.80 Å². The average molecular weight is 334 g/mol. The molecule has 0 radical (unpaired) electrons. The first-order valence-electron chi connectivity index (χ1n) is 8.35. The summed E-state index contributed by atoms with van der Waals surface area (Å²) in [5.74, 6) is -0.331. The van der Waals surface area contributed by atoms with Gasteiger partial charge in [0.15, 0.2) is 0 Å². The fraction of sp³-hybridized carbons (Fsp3) is 0.647. The zero-order chi connectivity index (χ0) is 16.0. The number of thiophene rings is 1. The zero-order valence-electron chi connectivity index (χ0n) is 13.1. The predicted octanol–water partition coefficient (Wildman–Crippen LogP) is 1.89. The van der Waals surface area contributed by atoms with Crippen LogP contribution >= 0.6 is 11.3 Å². The van der Waals surface area contributed by atoms with E-state index in [0.717, 1.165) is 32.4 Å². The van der Waals surface area contributed by atoms with Crippen LogP contribution in [0, 0.1) is 17.3 Å². The van der Waals surface area contributed by atoms with Crippen LogP contribution in [0.5, 0.6) is 0 Å². The molecule has 1 saturated carbocycles. The third kappa shape index (κ3) is 2.48. The molecule has 1 aromatic rings. The molecule has 1 aliphatic carbocycles. The number of carbonyl (C=O) groups excluding carboxylic acids is 1. The van der Waals surface area contributed by atoms with Crippen LogP contribution in [0.2, 0.25) is 0 Å². The van der Waals surface area contributed by atoms with Crippen molar-refractivity contribution < 1.29 is 14.7 Å². The molecule has 1 aromatic heterocycles. The molecule has 4 rings (SSSR count). The summed E-state index contributed by atoms with van der Waals surface area (Å²) in [7, 11) is 0. The van der Waals surface area contributed by atoms with Gasteiger partial charge in [0.25, 0.3) is 0 Å². The third-order valence-corrected chi connectivity index (χ3v) is 6.69. The fourth-order valence-electron chi connectivity index (χ4n) is 4.30. The minimum absolute atomic E-state index is 0.0592. The van der Waals surface area contributed by atoms with Gasteiger partial charge >= 0.3 is 5.97 Å². The van der Waals surface area contributed by atoms with E-state index < -0.39 is 11.4 Å². The second kappa shape index (κ2) is 5.60. The molecule has 1 unspecified atom stereocenters. The molecule has 124 valence electrons. The lowest BCUT2D eigenvalue weighted by Gasteiger charge is -2.31. The smallest absolute Gasteiger partial charge is 0.313 e. The highest BCUT2D eigenvalue weighted by Crippen LogP contribution is 2.44. The number of carbonyl (C=O) groups is 2. The first-order chi connectivity index (χ1) is 11.1. The zero-order valence-corrected chi connectivity index (χ0v) is 13.9. The molecular weight excluding hydrogens is 312 g/mol. The number of rotatable bonds is 4. The maximum absolute atomic E-state index is 12.5. The standard InChI is InChI=1S/C17H22N2O3S/c20-15(12-3-1-4-12)19-8-13-7-18(9-14-5-2-6-23-14)10-17(13,11-19)16(21)22/h2,5-6,12-13H,1,3-4,7-11H2,(H,21,22)/t13?,17-/m0/s1. The summed E-state index contributed by atoms with van der Waals surface area (Å²) in [6.07, 6.45) is 3.08. The number of hydrogen-bond donors (Lipinski definition) is 1. The Morgan fingerprint density at radius 1 is 1.30 bits per heavy atom. The molecule has 0 aromatic carbocycles.